The molecular formula is C15H26N4. The van der Waals surface area contributed by atoms with Crippen molar-refractivity contribution in [3.8, 4) is 0 Å². The number of aromatic nitrogens is 2. The molecule has 0 radical (unpaired) electrons. The van der Waals surface area contributed by atoms with Crippen molar-refractivity contribution < 1.29 is 0 Å². The van der Waals surface area contributed by atoms with Crippen LogP contribution in [0.2, 0.25) is 0 Å². The monoisotopic (exact) mass is 262 g/mol. The highest BCUT2D eigenvalue weighted by Gasteiger charge is 2.24. The Balaban J connectivity index is 1.90. The molecule has 1 aliphatic rings. The highest BCUT2D eigenvalue weighted by Crippen LogP contribution is 2.24. The molecule has 4 nitrogen and oxygen atoms in total. The van der Waals surface area contributed by atoms with Gasteiger partial charge in [0, 0.05) is 31.2 Å². The summed E-state index contributed by atoms with van der Waals surface area (Å²) in [5.41, 5.74) is 1.08. The summed E-state index contributed by atoms with van der Waals surface area (Å²) in [6.45, 7) is 10.1. The molecule has 0 aromatic carbocycles. The Labute approximate surface area is 116 Å². The SMILES string of the molecule is CC(C)NCC1CCCN(C(C)c2cnccn2)C1. The molecule has 0 spiro atoms. The molecule has 0 amide bonds. The molecule has 2 rings (SSSR count). The number of piperidine rings is 1. The van der Waals surface area contributed by atoms with E-state index >= 15 is 0 Å². The van der Waals surface area contributed by atoms with Crippen LogP contribution in [0.15, 0.2) is 18.6 Å². The zero-order valence-electron chi connectivity index (χ0n) is 12.3. The second-order valence-electron chi connectivity index (χ2n) is 5.87. The molecule has 2 unspecified atom stereocenters. The van der Waals surface area contributed by atoms with E-state index in [0.29, 0.717) is 12.1 Å². The standard InChI is InChI=1S/C15H26N4/c1-12(2)18-9-14-5-4-8-19(11-14)13(3)15-10-16-6-7-17-15/h6-7,10,12-14,18H,4-5,8-9,11H2,1-3H3. The van der Waals surface area contributed by atoms with E-state index in [0.717, 1.165) is 24.7 Å². The average molecular weight is 262 g/mol. The first-order chi connectivity index (χ1) is 9.16. The van der Waals surface area contributed by atoms with Gasteiger partial charge in [0.05, 0.1) is 11.7 Å². The molecule has 1 aromatic heterocycles. The lowest BCUT2D eigenvalue weighted by atomic mass is 9.96. The number of rotatable bonds is 5. The van der Waals surface area contributed by atoms with Crippen molar-refractivity contribution in [1.29, 1.82) is 0 Å². The van der Waals surface area contributed by atoms with Crippen LogP contribution in [0.1, 0.15) is 45.3 Å². The Bertz CT molecular complexity index is 366. The van der Waals surface area contributed by atoms with Crippen LogP contribution < -0.4 is 5.32 Å². The lowest BCUT2D eigenvalue weighted by Crippen LogP contribution is -2.42. The van der Waals surface area contributed by atoms with Crippen LogP contribution >= 0.6 is 0 Å². The second kappa shape index (κ2) is 6.96. The van der Waals surface area contributed by atoms with E-state index in [1.165, 1.54) is 19.4 Å². The summed E-state index contributed by atoms with van der Waals surface area (Å²) in [6.07, 6.45) is 8.04. The summed E-state index contributed by atoms with van der Waals surface area (Å²) in [5, 5.41) is 3.56. The van der Waals surface area contributed by atoms with E-state index in [1.807, 2.05) is 6.20 Å². The van der Waals surface area contributed by atoms with Crippen molar-refractivity contribution in [2.45, 2.75) is 45.7 Å². The molecule has 1 N–H and O–H groups in total. The van der Waals surface area contributed by atoms with Gasteiger partial charge >= 0.3 is 0 Å². The third-order valence-corrected chi connectivity index (χ3v) is 3.92. The molecule has 1 saturated heterocycles. The highest BCUT2D eigenvalue weighted by molar-refractivity contribution is 5.01. The zero-order valence-corrected chi connectivity index (χ0v) is 12.3. The molecule has 2 heterocycles. The van der Waals surface area contributed by atoms with Gasteiger partial charge in [-0.15, -0.1) is 0 Å². The van der Waals surface area contributed by atoms with Gasteiger partial charge < -0.3 is 5.32 Å². The largest absolute Gasteiger partial charge is 0.314 e. The molecule has 4 heteroatoms. The molecule has 0 saturated carbocycles. The van der Waals surface area contributed by atoms with Crippen molar-refractivity contribution in [3.63, 3.8) is 0 Å². The first kappa shape index (κ1) is 14.4. The fourth-order valence-electron chi connectivity index (χ4n) is 2.73. The molecule has 2 atom stereocenters. The summed E-state index contributed by atoms with van der Waals surface area (Å²) < 4.78 is 0. The van der Waals surface area contributed by atoms with Crippen molar-refractivity contribution in [2.24, 2.45) is 5.92 Å². The van der Waals surface area contributed by atoms with E-state index in [1.54, 1.807) is 12.4 Å². The predicted molar refractivity (Wildman–Crippen MR) is 77.9 cm³/mol. The van der Waals surface area contributed by atoms with Crippen LogP contribution in [0.3, 0.4) is 0 Å². The van der Waals surface area contributed by atoms with Crippen LogP contribution in [0.5, 0.6) is 0 Å². The van der Waals surface area contributed by atoms with Crippen molar-refractivity contribution in [3.05, 3.63) is 24.3 Å². The molecule has 0 bridgehead atoms. The third-order valence-electron chi connectivity index (χ3n) is 3.92. The summed E-state index contributed by atoms with van der Waals surface area (Å²) in [7, 11) is 0. The van der Waals surface area contributed by atoms with Gasteiger partial charge in [0.2, 0.25) is 0 Å². The van der Waals surface area contributed by atoms with E-state index < -0.39 is 0 Å². The minimum atomic E-state index is 0.371. The Morgan fingerprint density at radius 2 is 2.21 bits per heavy atom. The molecule has 106 valence electrons. The van der Waals surface area contributed by atoms with Crippen molar-refractivity contribution >= 4 is 0 Å². The summed E-state index contributed by atoms with van der Waals surface area (Å²) in [6, 6.07) is 0.948. The quantitative estimate of drug-likeness (QED) is 0.883. The summed E-state index contributed by atoms with van der Waals surface area (Å²) in [5.74, 6) is 0.760. The van der Waals surface area contributed by atoms with Crippen molar-refractivity contribution in [2.75, 3.05) is 19.6 Å². The fraction of sp³-hybridized carbons (Fsp3) is 0.733. The molecule has 0 aliphatic carbocycles. The second-order valence-corrected chi connectivity index (χ2v) is 5.87. The number of likely N-dealkylation sites (tertiary alicyclic amines) is 1. The summed E-state index contributed by atoms with van der Waals surface area (Å²) in [4.78, 5) is 11.2. The minimum absolute atomic E-state index is 0.371. The van der Waals surface area contributed by atoms with Crippen LogP contribution in [-0.2, 0) is 0 Å². The number of hydrogen-bond acceptors (Lipinski definition) is 4. The van der Waals surface area contributed by atoms with Crippen LogP contribution in [0.25, 0.3) is 0 Å². The van der Waals surface area contributed by atoms with Crippen LogP contribution in [0.4, 0.5) is 0 Å². The van der Waals surface area contributed by atoms with E-state index in [9.17, 15) is 0 Å². The van der Waals surface area contributed by atoms with Gasteiger partial charge in [0.25, 0.3) is 0 Å². The van der Waals surface area contributed by atoms with Crippen molar-refractivity contribution in [1.82, 2.24) is 20.2 Å². The Morgan fingerprint density at radius 1 is 1.37 bits per heavy atom. The van der Waals surface area contributed by atoms with E-state index in [-0.39, 0.29) is 0 Å². The topological polar surface area (TPSA) is 41.0 Å². The molecular weight excluding hydrogens is 236 g/mol. The zero-order chi connectivity index (χ0) is 13.7. The van der Waals surface area contributed by atoms with Gasteiger partial charge in [-0.25, -0.2) is 0 Å². The van der Waals surface area contributed by atoms with Gasteiger partial charge in [-0.1, -0.05) is 13.8 Å². The van der Waals surface area contributed by atoms with Gasteiger partial charge in [0.1, 0.15) is 0 Å². The number of hydrogen-bond donors (Lipinski definition) is 1. The normalized spacial score (nSPS) is 22.6. The van der Waals surface area contributed by atoms with E-state index in [4.69, 9.17) is 0 Å². The fourth-order valence-corrected chi connectivity index (χ4v) is 2.73. The lowest BCUT2D eigenvalue weighted by Gasteiger charge is -2.36. The van der Waals surface area contributed by atoms with Gasteiger partial charge in [-0.05, 0) is 38.8 Å². The highest BCUT2D eigenvalue weighted by atomic mass is 15.2. The number of nitrogens with one attached hydrogen (secondary N) is 1. The molecule has 1 aromatic rings. The maximum absolute atomic E-state index is 4.43. The predicted octanol–water partition coefficient (Wildman–Crippen LogP) is 2.25. The summed E-state index contributed by atoms with van der Waals surface area (Å²) >= 11 is 0. The number of nitrogens with zero attached hydrogens (tertiary/aromatic N) is 3. The molecule has 1 fully saturated rings. The Hall–Kier alpha value is -1.00. The molecule has 1 aliphatic heterocycles. The molecule has 19 heavy (non-hydrogen) atoms. The average Bonchev–Trinajstić information content (AvgIpc) is 2.45. The smallest absolute Gasteiger partial charge is 0.0755 e. The van der Waals surface area contributed by atoms with E-state index in [2.05, 4.69) is 41.0 Å². The van der Waals surface area contributed by atoms with Gasteiger partial charge in [-0.2, -0.15) is 0 Å². The van der Waals surface area contributed by atoms with Gasteiger partial charge in [0.15, 0.2) is 0 Å². The first-order valence-corrected chi connectivity index (χ1v) is 7.40. The Morgan fingerprint density at radius 3 is 2.89 bits per heavy atom. The van der Waals surface area contributed by atoms with Crippen LogP contribution in [-0.4, -0.2) is 40.5 Å². The maximum Gasteiger partial charge on any atom is 0.0755 e. The third kappa shape index (κ3) is 4.25. The van der Waals surface area contributed by atoms with Crippen LogP contribution in [0, 0.1) is 5.92 Å². The van der Waals surface area contributed by atoms with Gasteiger partial charge in [-0.3, -0.25) is 14.9 Å². The first-order valence-electron chi connectivity index (χ1n) is 7.40. The Kier molecular flexibility index (Phi) is 5.28. The lowest BCUT2D eigenvalue weighted by molar-refractivity contribution is 0.127. The minimum Gasteiger partial charge on any atom is -0.314 e. The maximum atomic E-state index is 4.43.